The zero-order valence-corrected chi connectivity index (χ0v) is 12.2. The molecule has 1 aromatic rings. The summed E-state index contributed by atoms with van der Waals surface area (Å²) in [5.41, 5.74) is 0.514. The summed E-state index contributed by atoms with van der Waals surface area (Å²) in [5, 5.41) is 13.4. The van der Waals surface area contributed by atoms with E-state index < -0.39 is 11.7 Å². The first-order valence-corrected chi connectivity index (χ1v) is 7.57. The van der Waals surface area contributed by atoms with Crippen LogP contribution in [0.25, 0.3) is 0 Å². The summed E-state index contributed by atoms with van der Waals surface area (Å²) < 4.78 is 6.72. The van der Waals surface area contributed by atoms with Crippen molar-refractivity contribution in [1.29, 1.82) is 0 Å². The van der Waals surface area contributed by atoms with Crippen molar-refractivity contribution in [3.05, 3.63) is 20.8 Å². The molecule has 2 aliphatic heterocycles. The standard InChI is InChI=1S/C14H16ClNO2S/c1-3-9-6-14(5-8(2)16-9)13-10(4-12(15)19-13)11(17)7-18-14/h1,4,8-9,11,16-17H,5-7H2,2H3/t8-,9+,11+,14-/m0/s1. The first kappa shape index (κ1) is 13.4. The van der Waals surface area contributed by atoms with Gasteiger partial charge in [0.05, 0.1) is 17.0 Å². The van der Waals surface area contributed by atoms with Crippen LogP contribution in [-0.2, 0) is 10.3 Å². The normalized spacial score (nSPS) is 37.9. The van der Waals surface area contributed by atoms with Crippen LogP contribution in [0.1, 0.15) is 36.3 Å². The number of nitrogens with one attached hydrogen (secondary N) is 1. The fraction of sp³-hybridized carbons (Fsp3) is 0.571. The molecule has 5 heteroatoms. The van der Waals surface area contributed by atoms with E-state index in [1.54, 1.807) is 0 Å². The molecule has 2 aliphatic rings. The maximum Gasteiger partial charge on any atom is 0.107 e. The van der Waals surface area contributed by atoms with Crippen LogP contribution in [0.4, 0.5) is 0 Å². The maximum absolute atomic E-state index is 10.0. The van der Waals surface area contributed by atoms with Gasteiger partial charge in [-0.2, -0.15) is 0 Å². The van der Waals surface area contributed by atoms with Gasteiger partial charge in [0.25, 0.3) is 0 Å². The van der Waals surface area contributed by atoms with E-state index in [0.29, 0.717) is 10.9 Å². The Bertz CT molecular complexity index is 538. The maximum atomic E-state index is 10.0. The highest BCUT2D eigenvalue weighted by atomic mass is 35.5. The molecule has 0 amide bonds. The zero-order valence-electron chi connectivity index (χ0n) is 10.6. The Labute approximate surface area is 121 Å². The van der Waals surface area contributed by atoms with Crippen molar-refractivity contribution < 1.29 is 9.84 Å². The Hall–Kier alpha value is -0.570. The second-order valence-corrected chi connectivity index (χ2v) is 7.03. The molecule has 102 valence electrons. The molecular weight excluding hydrogens is 282 g/mol. The van der Waals surface area contributed by atoms with Gasteiger partial charge in [-0.1, -0.05) is 17.5 Å². The number of fused-ring (bicyclic) bond motifs is 2. The molecule has 3 nitrogen and oxygen atoms in total. The van der Waals surface area contributed by atoms with Crippen molar-refractivity contribution >= 4 is 22.9 Å². The molecule has 1 fully saturated rings. The van der Waals surface area contributed by atoms with E-state index in [9.17, 15) is 5.11 Å². The molecule has 0 aromatic carbocycles. The van der Waals surface area contributed by atoms with E-state index >= 15 is 0 Å². The number of halogens is 1. The van der Waals surface area contributed by atoms with E-state index in [1.165, 1.54) is 11.3 Å². The van der Waals surface area contributed by atoms with E-state index in [0.717, 1.165) is 23.3 Å². The lowest BCUT2D eigenvalue weighted by Crippen LogP contribution is -2.53. The van der Waals surface area contributed by atoms with Gasteiger partial charge in [-0.3, -0.25) is 0 Å². The summed E-state index contributed by atoms with van der Waals surface area (Å²) in [6.45, 7) is 2.42. The largest absolute Gasteiger partial charge is 0.386 e. The van der Waals surface area contributed by atoms with Gasteiger partial charge in [-0.25, -0.2) is 0 Å². The Kier molecular flexibility index (Phi) is 3.36. The molecule has 1 saturated heterocycles. The van der Waals surface area contributed by atoms with Gasteiger partial charge in [0, 0.05) is 22.9 Å². The SMILES string of the molecule is C#C[C@@H]1C[C@]2(C[C@H](C)N1)OC[C@@H](O)c1cc(Cl)sc12. The fourth-order valence-electron chi connectivity index (χ4n) is 3.15. The van der Waals surface area contributed by atoms with E-state index in [-0.39, 0.29) is 12.1 Å². The molecule has 0 bridgehead atoms. The fourth-order valence-corrected chi connectivity index (χ4v) is 4.60. The number of rotatable bonds is 0. The highest BCUT2D eigenvalue weighted by Crippen LogP contribution is 2.49. The Morgan fingerprint density at radius 2 is 2.42 bits per heavy atom. The first-order valence-electron chi connectivity index (χ1n) is 6.38. The van der Waals surface area contributed by atoms with Crippen LogP contribution >= 0.6 is 22.9 Å². The van der Waals surface area contributed by atoms with Crippen molar-refractivity contribution in [2.45, 2.75) is 43.6 Å². The minimum atomic E-state index is -0.584. The van der Waals surface area contributed by atoms with Gasteiger partial charge in [-0.05, 0) is 19.4 Å². The van der Waals surface area contributed by atoms with Crippen molar-refractivity contribution in [3.8, 4) is 12.3 Å². The molecule has 4 atom stereocenters. The molecule has 1 aromatic heterocycles. The minimum absolute atomic E-state index is 0.00674. The molecule has 0 unspecified atom stereocenters. The summed E-state index contributed by atoms with van der Waals surface area (Å²) >= 11 is 7.62. The summed E-state index contributed by atoms with van der Waals surface area (Å²) in [4.78, 5) is 1.05. The molecule has 19 heavy (non-hydrogen) atoms. The van der Waals surface area contributed by atoms with Gasteiger partial charge < -0.3 is 15.2 Å². The second-order valence-electron chi connectivity index (χ2n) is 5.35. The number of hydrogen-bond acceptors (Lipinski definition) is 4. The van der Waals surface area contributed by atoms with Crippen LogP contribution in [-0.4, -0.2) is 23.8 Å². The third-order valence-corrected chi connectivity index (χ3v) is 5.34. The lowest BCUT2D eigenvalue weighted by atomic mass is 9.79. The van der Waals surface area contributed by atoms with Gasteiger partial charge in [0.2, 0.25) is 0 Å². The van der Waals surface area contributed by atoms with Crippen molar-refractivity contribution in [2.75, 3.05) is 6.61 Å². The zero-order chi connectivity index (χ0) is 13.6. The third kappa shape index (κ3) is 2.20. The topological polar surface area (TPSA) is 41.5 Å². The second kappa shape index (κ2) is 4.76. The van der Waals surface area contributed by atoms with Gasteiger partial charge in [-0.15, -0.1) is 17.8 Å². The van der Waals surface area contributed by atoms with Crippen LogP contribution in [0.5, 0.6) is 0 Å². The third-order valence-electron chi connectivity index (χ3n) is 3.88. The summed E-state index contributed by atoms with van der Waals surface area (Å²) in [6, 6.07) is 2.13. The van der Waals surface area contributed by atoms with Gasteiger partial charge >= 0.3 is 0 Å². The smallest absolute Gasteiger partial charge is 0.107 e. The number of thiophene rings is 1. The highest BCUT2D eigenvalue weighted by Gasteiger charge is 2.47. The number of aliphatic hydroxyl groups is 1. The molecule has 3 heterocycles. The number of piperidine rings is 1. The molecule has 3 rings (SSSR count). The van der Waals surface area contributed by atoms with Crippen LogP contribution in [0.3, 0.4) is 0 Å². The molecule has 0 saturated carbocycles. The lowest BCUT2D eigenvalue weighted by Gasteiger charge is -2.45. The van der Waals surface area contributed by atoms with Crippen LogP contribution in [0.15, 0.2) is 6.07 Å². The Morgan fingerprint density at radius 3 is 3.16 bits per heavy atom. The monoisotopic (exact) mass is 297 g/mol. The number of aliphatic hydroxyl groups excluding tert-OH is 1. The Balaban J connectivity index is 2.05. The van der Waals surface area contributed by atoms with Gasteiger partial charge in [0.1, 0.15) is 11.7 Å². The number of terminal acetylenes is 1. The number of ether oxygens (including phenoxy) is 1. The highest BCUT2D eigenvalue weighted by molar-refractivity contribution is 7.16. The van der Waals surface area contributed by atoms with E-state index in [2.05, 4.69) is 18.2 Å². The Morgan fingerprint density at radius 1 is 1.63 bits per heavy atom. The first-order chi connectivity index (χ1) is 9.04. The average molecular weight is 298 g/mol. The van der Waals surface area contributed by atoms with Crippen molar-refractivity contribution in [1.82, 2.24) is 5.32 Å². The molecular formula is C14H16ClNO2S. The summed E-state index contributed by atoms with van der Waals surface area (Å²) in [6.07, 6.45) is 6.56. The molecule has 2 N–H and O–H groups in total. The quantitative estimate of drug-likeness (QED) is 0.723. The van der Waals surface area contributed by atoms with Gasteiger partial charge in [0.15, 0.2) is 0 Å². The summed E-state index contributed by atoms with van der Waals surface area (Å²) in [5.74, 6) is 2.77. The molecule has 0 radical (unpaired) electrons. The van der Waals surface area contributed by atoms with Crippen LogP contribution < -0.4 is 5.32 Å². The van der Waals surface area contributed by atoms with Crippen molar-refractivity contribution in [3.63, 3.8) is 0 Å². The predicted molar refractivity (Wildman–Crippen MR) is 76.4 cm³/mol. The predicted octanol–water partition coefficient (Wildman–Crippen LogP) is 2.43. The van der Waals surface area contributed by atoms with Crippen molar-refractivity contribution in [2.24, 2.45) is 0 Å². The lowest BCUT2D eigenvalue weighted by molar-refractivity contribution is -0.125. The average Bonchev–Trinajstić information content (AvgIpc) is 2.77. The molecule has 1 spiro atoms. The van der Waals surface area contributed by atoms with E-state index in [4.69, 9.17) is 22.8 Å². The summed E-state index contributed by atoms with van der Waals surface area (Å²) in [7, 11) is 0. The number of hydrogen-bond donors (Lipinski definition) is 2. The minimum Gasteiger partial charge on any atom is -0.386 e. The molecule has 0 aliphatic carbocycles. The van der Waals surface area contributed by atoms with Crippen LogP contribution in [0.2, 0.25) is 4.34 Å². The van der Waals surface area contributed by atoms with E-state index in [1.807, 2.05) is 6.07 Å². The van der Waals surface area contributed by atoms with Crippen LogP contribution in [0, 0.1) is 12.3 Å².